The molecule has 2 N–H and O–H groups in total. The molecule has 20 heavy (non-hydrogen) atoms. The first-order valence-corrected chi connectivity index (χ1v) is 8.36. The van der Waals surface area contributed by atoms with E-state index in [0.29, 0.717) is 12.3 Å². The van der Waals surface area contributed by atoms with Crippen LogP contribution in [0.4, 0.5) is 0 Å². The Kier molecular flexibility index (Phi) is 5.35. The van der Waals surface area contributed by atoms with Crippen LogP contribution in [0.3, 0.4) is 0 Å². The molecule has 0 saturated carbocycles. The van der Waals surface area contributed by atoms with Crippen molar-refractivity contribution in [1.29, 1.82) is 0 Å². The average Bonchev–Trinajstić information content (AvgIpc) is 2.82. The fourth-order valence-corrected chi connectivity index (χ4v) is 3.46. The lowest BCUT2D eigenvalue weighted by atomic mass is 9.90. The smallest absolute Gasteiger partial charge is 0.232 e. The van der Waals surface area contributed by atoms with Gasteiger partial charge in [-0.15, -0.1) is 11.8 Å². The quantitative estimate of drug-likeness (QED) is 0.909. The predicted molar refractivity (Wildman–Crippen MR) is 86.0 cm³/mol. The van der Waals surface area contributed by atoms with E-state index < -0.39 is 0 Å². The highest BCUT2D eigenvalue weighted by atomic mass is 35.5. The Hall–Kier alpha value is -0.710. The summed E-state index contributed by atoms with van der Waals surface area (Å²) in [7, 11) is 0. The number of thioether (sulfide) groups is 1. The zero-order chi connectivity index (χ0) is 14.6. The molecule has 1 amide bonds. The Balaban J connectivity index is 1.76. The van der Waals surface area contributed by atoms with Crippen molar-refractivity contribution in [2.45, 2.75) is 19.1 Å². The van der Waals surface area contributed by atoms with Gasteiger partial charge in [0, 0.05) is 23.9 Å². The van der Waals surface area contributed by atoms with E-state index >= 15 is 0 Å². The highest BCUT2D eigenvalue weighted by Gasteiger charge is 2.34. The number of hydrogen-bond acceptors (Lipinski definition) is 3. The summed E-state index contributed by atoms with van der Waals surface area (Å²) < 4.78 is 0. The maximum absolute atomic E-state index is 12.1. The zero-order valence-electron chi connectivity index (χ0n) is 11.8. The van der Waals surface area contributed by atoms with Crippen LogP contribution in [0.2, 0.25) is 5.02 Å². The van der Waals surface area contributed by atoms with Gasteiger partial charge in [0.2, 0.25) is 5.91 Å². The van der Waals surface area contributed by atoms with Crippen molar-refractivity contribution in [1.82, 2.24) is 4.90 Å². The molecule has 0 aliphatic carbocycles. The fourth-order valence-electron chi connectivity index (χ4n) is 2.38. The minimum Gasteiger partial charge on any atom is -0.341 e. The Morgan fingerprint density at radius 2 is 2.35 bits per heavy atom. The van der Waals surface area contributed by atoms with Gasteiger partial charge in [0.15, 0.2) is 0 Å². The Labute approximate surface area is 129 Å². The van der Waals surface area contributed by atoms with Crippen LogP contribution in [0.25, 0.3) is 0 Å². The molecule has 1 heterocycles. The molecule has 110 valence electrons. The maximum Gasteiger partial charge on any atom is 0.232 e. The van der Waals surface area contributed by atoms with Gasteiger partial charge >= 0.3 is 0 Å². The number of carbonyl (C=O) groups excluding carboxylic acids is 1. The van der Waals surface area contributed by atoms with E-state index in [9.17, 15) is 4.79 Å². The molecule has 0 radical (unpaired) electrons. The summed E-state index contributed by atoms with van der Waals surface area (Å²) in [6.45, 7) is 4.43. The normalized spacial score (nSPS) is 22.2. The first-order chi connectivity index (χ1) is 9.52. The molecule has 0 spiro atoms. The van der Waals surface area contributed by atoms with E-state index in [4.69, 9.17) is 17.3 Å². The van der Waals surface area contributed by atoms with Gasteiger partial charge in [-0.05, 0) is 36.1 Å². The Morgan fingerprint density at radius 1 is 1.55 bits per heavy atom. The largest absolute Gasteiger partial charge is 0.341 e. The van der Waals surface area contributed by atoms with Crippen molar-refractivity contribution in [3.05, 3.63) is 34.9 Å². The third-order valence-electron chi connectivity index (χ3n) is 3.79. The van der Waals surface area contributed by atoms with E-state index in [-0.39, 0.29) is 11.3 Å². The number of carbonyl (C=O) groups is 1. The predicted octanol–water partition coefficient (Wildman–Crippen LogP) is 2.77. The minimum absolute atomic E-state index is 0.104. The summed E-state index contributed by atoms with van der Waals surface area (Å²) in [5.74, 6) is 1.55. The van der Waals surface area contributed by atoms with Crippen molar-refractivity contribution >= 4 is 29.3 Å². The SMILES string of the molecule is CC1(CN)CCN(C(=O)CSCc2cccc(Cl)c2)C1. The van der Waals surface area contributed by atoms with Crippen LogP contribution in [-0.4, -0.2) is 36.2 Å². The third-order valence-corrected chi connectivity index (χ3v) is 5.01. The molecule has 2 rings (SSSR count). The lowest BCUT2D eigenvalue weighted by molar-refractivity contribution is -0.127. The number of nitrogens with zero attached hydrogens (tertiary/aromatic N) is 1. The van der Waals surface area contributed by atoms with Gasteiger partial charge in [0.1, 0.15) is 0 Å². The van der Waals surface area contributed by atoms with Crippen LogP contribution in [0.15, 0.2) is 24.3 Å². The molecule has 1 aliphatic heterocycles. The molecule has 1 atom stereocenters. The monoisotopic (exact) mass is 312 g/mol. The maximum atomic E-state index is 12.1. The summed E-state index contributed by atoms with van der Waals surface area (Å²) in [6, 6.07) is 7.77. The second-order valence-corrected chi connectivity index (χ2v) is 7.12. The lowest BCUT2D eigenvalue weighted by Gasteiger charge is -2.22. The number of rotatable bonds is 5. The summed E-state index contributed by atoms with van der Waals surface area (Å²) in [5.41, 5.74) is 7.03. The van der Waals surface area contributed by atoms with Crippen LogP contribution >= 0.6 is 23.4 Å². The van der Waals surface area contributed by atoms with Crippen molar-refractivity contribution < 1.29 is 4.79 Å². The summed E-state index contributed by atoms with van der Waals surface area (Å²) in [6.07, 6.45) is 1.01. The molecule has 3 nitrogen and oxygen atoms in total. The molecule has 0 bridgehead atoms. The van der Waals surface area contributed by atoms with Gasteiger partial charge in [-0.2, -0.15) is 0 Å². The molecule has 1 unspecified atom stereocenters. The van der Waals surface area contributed by atoms with E-state index in [0.717, 1.165) is 35.8 Å². The lowest BCUT2D eigenvalue weighted by Crippen LogP contribution is -2.35. The second kappa shape index (κ2) is 6.83. The topological polar surface area (TPSA) is 46.3 Å². The van der Waals surface area contributed by atoms with Gasteiger partial charge in [0.25, 0.3) is 0 Å². The molecular weight excluding hydrogens is 292 g/mol. The molecule has 1 aliphatic rings. The van der Waals surface area contributed by atoms with Crippen molar-refractivity contribution in [2.75, 3.05) is 25.4 Å². The van der Waals surface area contributed by atoms with Gasteiger partial charge in [-0.25, -0.2) is 0 Å². The van der Waals surface area contributed by atoms with Gasteiger partial charge in [0.05, 0.1) is 5.75 Å². The van der Waals surface area contributed by atoms with Crippen LogP contribution in [0.1, 0.15) is 18.9 Å². The number of hydrogen-bond donors (Lipinski definition) is 1. The number of likely N-dealkylation sites (tertiary alicyclic amines) is 1. The molecule has 1 saturated heterocycles. The highest BCUT2D eigenvalue weighted by molar-refractivity contribution is 7.99. The van der Waals surface area contributed by atoms with Crippen LogP contribution in [0.5, 0.6) is 0 Å². The minimum atomic E-state index is 0.104. The number of amides is 1. The Morgan fingerprint density at radius 3 is 3.00 bits per heavy atom. The first-order valence-electron chi connectivity index (χ1n) is 6.82. The van der Waals surface area contributed by atoms with Crippen LogP contribution in [-0.2, 0) is 10.5 Å². The van der Waals surface area contributed by atoms with E-state index in [1.54, 1.807) is 11.8 Å². The highest BCUT2D eigenvalue weighted by Crippen LogP contribution is 2.29. The summed E-state index contributed by atoms with van der Waals surface area (Å²) in [4.78, 5) is 14.1. The van der Waals surface area contributed by atoms with Gasteiger partial charge < -0.3 is 10.6 Å². The van der Waals surface area contributed by atoms with E-state index in [2.05, 4.69) is 6.92 Å². The third kappa shape index (κ3) is 4.14. The average molecular weight is 313 g/mol. The van der Waals surface area contributed by atoms with E-state index in [1.807, 2.05) is 29.2 Å². The molecule has 0 aromatic heterocycles. The van der Waals surface area contributed by atoms with Crippen molar-refractivity contribution in [3.8, 4) is 0 Å². The van der Waals surface area contributed by atoms with Crippen molar-refractivity contribution in [3.63, 3.8) is 0 Å². The molecular formula is C15H21ClN2OS. The zero-order valence-corrected chi connectivity index (χ0v) is 13.3. The van der Waals surface area contributed by atoms with Gasteiger partial charge in [-0.1, -0.05) is 30.7 Å². The van der Waals surface area contributed by atoms with Crippen molar-refractivity contribution in [2.24, 2.45) is 11.1 Å². The molecule has 1 aromatic rings. The summed E-state index contributed by atoms with van der Waals surface area (Å²) in [5, 5.41) is 0.743. The van der Waals surface area contributed by atoms with Gasteiger partial charge in [-0.3, -0.25) is 4.79 Å². The first kappa shape index (κ1) is 15.7. The van der Waals surface area contributed by atoms with Crippen LogP contribution < -0.4 is 5.73 Å². The standard InChI is InChI=1S/C15H21ClN2OS/c1-15(10-17)5-6-18(11-15)14(19)9-20-8-12-3-2-4-13(16)7-12/h2-4,7H,5-6,8-11,17H2,1H3. The van der Waals surface area contributed by atoms with E-state index in [1.165, 1.54) is 0 Å². The second-order valence-electron chi connectivity index (χ2n) is 5.70. The Bertz CT molecular complexity index is 483. The molecule has 1 aromatic carbocycles. The summed E-state index contributed by atoms with van der Waals surface area (Å²) >= 11 is 7.58. The number of benzene rings is 1. The fraction of sp³-hybridized carbons (Fsp3) is 0.533. The number of halogens is 1. The molecule has 5 heteroatoms. The van der Waals surface area contributed by atoms with Crippen LogP contribution in [0, 0.1) is 5.41 Å². The number of nitrogens with two attached hydrogens (primary N) is 1. The molecule has 1 fully saturated rings.